The lowest BCUT2D eigenvalue weighted by atomic mass is 10.1. The number of ketones is 1. The third-order valence-corrected chi connectivity index (χ3v) is 4.11. The van der Waals surface area contributed by atoms with Gasteiger partial charge in [0.2, 0.25) is 0 Å². The number of hydrogen-bond acceptors (Lipinski definition) is 2. The molecular weight excluding hydrogens is 322 g/mol. The number of nitrogens with zero attached hydrogens (tertiary/aromatic N) is 1. The van der Waals surface area contributed by atoms with Crippen LogP contribution in [0, 0.1) is 25.5 Å². The van der Waals surface area contributed by atoms with Gasteiger partial charge in [-0.15, -0.1) is 0 Å². The van der Waals surface area contributed by atoms with Crippen LogP contribution < -0.4 is 5.32 Å². The van der Waals surface area contributed by atoms with Crippen molar-refractivity contribution < 1.29 is 13.6 Å². The maximum atomic E-state index is 13.1. The zero-order valence-corrected chi connectivity index (χ0v) is 14.0. The van der Waals surface area contributed by atoms with Gasteiger partial charge in [-0.2, -0.15) is 0 Å². The molecule has 2 aromatic carbocycles. The van der Waals surface area contributed by atoms with Crippen molar-refractivity contribution in [2.24, 2.45) is 0 Å². The average molecular weight is 340 g/mol. The van der Waals surface area contributed by atoms with Crippen molar-refractivity contribution in [3.63, 3.8) is 0 Å². The number of nitrogens with one attached hydrogen (secondary N) is 1. The van der Waals surface area contributed by atoms with Crippen LogP contribution in [0.5, 0.6) is 0 Å². The minimum absolute atomic E-state index is 0.0641. The molecule has 1 N–H and O–H groups in total. The van der Waals surface area contributed by atoms with Gasteiger partial charge in [-0.3, -0.25) is 4.79 Å². The van der Waals surface area contributed by atoms with Gasteiger partial charge >= 0.3 is 0 Å². The summed E-state index contributed by atoms with van der Waals surface area (Å²) in [4.78, 5) is 12.5. The smallest absolute Gasteiger partial charge is 0.183 e. The van der Waals surface area contributed by atoms with Gasteiger partial charge in [0, 0.05) is 28.3 Å². The summed E-state index contributed by atoms with van der Waals surface area (Å²) in [6, 6.07) is 13.8. The van der Waals surface area contributed by atoms with E-state index in [-0.39, 0.29) is 24.0 Å². The fourth-order valence-corrected chi connectivity index (χ4v) is 2.88. The fraction of sp³-hybridized carbons (Fsp3) is 0.150. The van der Waals surface area contributed by atoms with E-state index in [2.05, 4.69) is 5.32 Å². The van der Waals surface area contributed by atoms with Gasteiger partial charge in [0.15, 0.2) is 5.78 Å². The number of aryl methyl sites for hydroxylation is 1. The quantitative estimate of drug-likeness (QED) is 0.685. The molecule has 0 aliphatic heterocycles. The van der Waals surface area contributed by atoms with E-state index >= 15 is 0 Å². The highest BCUT2D eigenvalue weighted by Gasteiger charge is 2.16. The summed E-state index contributed by atoms with van der Waals surface area (Å²) in [6.07, 6.45) is 0. The number of hydrogen-bond donors (Lipinski definition) is 1. The number of carbonyl (C=O) groups excluding carboxylic acids is 1. The largest absolute Gasteiger partial charge is 0.378 e. The van der Waals surface area contributed by atoms with Gasteiger partial charge in [-0.1, -0.05) is 0 Å². The molecule has 0 atom stereocenters. The highest BCUT2D eigenvalue weighted by atomic mass is 19.1. The first-order chi connectivity index (χ1) is 12.0. The summed E-state index contributed by atoms with van der Waals surface area (Å²) in [6.45, 7) is 3.88. The second-order valence-electron chi connectivity index (χ2n) is 5.88. The maximum absolute atomic E-state index is 13.1. The lowest BCUT2D eigenvalue weighted by Crippen LogP contribution is -2.14. The molecule has 0 spiro atoms. The topological polar surface area (TPSA) is 34.0 Å². The molecule has 25 heavy (non-hydrogen) atoms. The van der Waals surface area contributed by atoms with E-state index in [0.29, 0.717) is 11.3 Å². The number of Topliss-reactive ketones (excluding diaryl/α,β-unsaturated/α-hetero) is 1. The van der Waals surface area contributed by atoms with Crippen LogP contribution in [-0.4, -0.2) is 16.9 Å². The van der Waals surface area contributed by atoms with Gasteiger partial charge in [-0.05, 0) is 68.4 Å². The van der Waals surface area contributed by atoms with E-state index in [1.54, 1.807) is 24.3 Å². The van der Waals surface area contributed by atoms with Gasteiger partial charge in [0.1, 0.15) is 11.6 Å². The van der Waals surface area contributed by atoms with E-state index in [9.17, 15) is 13.6 Å². The third-order valence-electron chi connectivity index (χ3n) is 4.11. The van der Waals surface area contributed by atoms with Crippen molar-refractivity contribution >= 4 is 11.5 Å². The van der Waals surface area contributed by atoms with Gasteiger partial charge < -0.3 is 9.88 Å². The Balaban J connectivity index is 1.80. The van der Waals surface area contributed by atoms with Crippen LogP contribution >= 0.6 is 0 Å². The summed E-state index contributed by atoms with van der Waals surface area (Å²) in [5.41, 5.74) is 3.80. The van der Waals surface area contributed by atoms with E-state index < -0.39 is 0 Å². The highest BCUT2D eigenvalue weighted by Crippen LogP contribution is 2.21. The standard InChI is InChI=1S/C20H18F2N2O/c1-13-11-19(14(2)24(13)18-9-5-16(22)6-10-18)20(25)12-23-17-7-3-15(21)4-8-17/h3-11,23H,12H2,1-2H3. The molecule has 0 saturated heterocycles. The van der Waals surface area contributed by atoms with Gasteiger partial charge in [0.05, 0.1) is 6.54 Å². The van der Waals surface area contributed by atoms with Crippen molar-refractivity contribution in [3.8, 4) is 5.69 Å². The molecule has 0 aliphatic carbocycles. The molecule has 1 aromatic heterocycles. The summed E-state index contributed by atoms with van der Waals surface area (Å²) in [5.74, 6) is -0.684. The van der Waals surface area contributed by atoms with Crippen LogP contribution in [-0.2, 0) is 0 Å². The minimum atomic E-state index is -0.320. The van der Waals surface area contributed by atoms with Crippen LogP contribution in [0.25, 0.3) is 5.69 Å². The zero-order valence-electron chi connectivity index (χ0n) is 14.0. The average Bonchev–Trinajstić information content (AvgIpc) is 2.90. The molecule has 3 aromatic rings. The van der Waals surface area contributed by atoms with E-state index in [4.69, 9.17) is 0 Å². The predicted molar refractivity (Wildman–Crippen MR) is 94.4 cm³/mol. The van der Waals surface area contributed by atoms with Gasteiger partial charge in [-0.25, -0.2) is 8.78 Å². The third kappa shape index (κ3) is 3.60. The minimum Gasteiger partial charge on any atom is -0.378 e. The Hall–Kier alpha value is -2.95. The number of carbonyl (C=O) groups is 1. The summed E-state index contributed by atoms with van der Waals surface area (Å²) in [7, 11) is 0. The number of anilines is 1. The van der Waals surface area contributed by atoms with E-state index in [1.807, 2.05) is 24.5 Å². The maximum Gasteiger partial charge on any atom is 0.183 e. The lowest BCUT2D eigenvalue weighted by Gasteiger charge is -2.10. The molecule has 128 valence electrons. The molecule has 0 bridgehead atoms. The Kier molecular flexibility index (Phi) is 4.65. The molecule has 0 radical (unpaired) electrons. The summed E-state index contributed by atoms with van der Waals surface area (Å²) < 4.78 is 28.0. The van der Waals surface area contributed by atoms with Crippen molar-refractivity contribution in [3.05, 3.63) is 83.2 Å². The summed E-state index contributed by atoms with van der Waals surface area (Å²) in [5, 5.41) is 3.00. The first-order valence-electron chi connectivity index (χ1n) is 7.93. The molecule has 0 aliphatic rings. The van der Waals surface area contributed by atoms with Crippen molar-refractivity contribution in [1.82, 2.24) is 4.57 Å². The van der Waals surface area contributed by atoms with Crippen LogP contribution in [0.3, 0.4) is 0 Å². The van der Waals surface area contributed by atoms with Crippen LogP contribution in [0.4, 0.5) is 14.5 Å². The van der Waals surface area contributed by atoms with Crippen molar-refractivity contribution in [2.45, 2.75) is 13.8 Å². The molecule has 3 rings (SSSR count). The van der Waals surface area contributed by atoms with Crippen LogP contribution in [0.1, 0.15) is 21.7 Å². The fourth-order valence-electron chi connectivity index (χ4n) is 2.88. The first kappa shape index (κ1) is 16.9. The molecule has 3 nitrogen and oxygen atoms in total. The SMILES string of the molecule is Cc1cc(C(=O)CNc2ccc(F)cc2)c(C)n1-c1ccc(F)cc1. The molecule has 5 heteroatoms. The predicted octanol–water partition coefficient (Wildman–Crippen LogP) is 4.67. The monoisotopic (exact) mass is 340 g/mol. The number of benzene rings is 2. The Morgan fingerprint density at radius 2 is 1.52 bits per heavy atom. The number of rotatable bonds is 5. The van der Waals surface area contributed by atoms with E-state index in [1.165, 1.54) is 24.3 Å². The highest BCUT2D eigenvalue weighted by molar-refractivity contribution is 6.00. The first-order valence-corrected chi connectivity index (χ1v) is 7.93. The molecule has 0 amide bonds. The second kappa shape index (κ2) is 6.89. The van der Waals surface area contributed by atoms with Crippen LogP contribution in [0.15, 0.2) is 54.6 Å². The number of halogens is 2. The van der Waals surface area contributed by atoms with Crippen molar-refractivity contribution in [1.29, 1.82) is 0 Å². The lowest BCUT2D eigenvalue weighted by molar-refractivity contribution is 0.101. The normalized spacial score (nSPS) is 10.7. The summed E-state index contributed by atoms with van der Waals surface area (Å²) >= 11 is 0. The molecule has 0 saturated carbocycles. The Morgan fingerprint density at radius 3 is 2.12 bits per heavy atom. The molecule has 0 fully saturated rings. The Labute approximate surface area is 144 Å². The molecule has 0 unspecified atom stereocenters. The second-order valence-corrected chi connectivity index (χ2v) is 5.88. The van der Waals surface area contributed by atoms with Crippen LogP contribution in [0.2, 0.25) is 0 Å². The van der Waals surface area contributed by atoms with Crippen molar-refractivity contribution in [2.75, 3.05) is 11.9 Å². The molecular formula is C20H18F2N2O. The Bertz CT molecular complexity index is 897. The zero-order chi connectivity index (χ0) is 18.0. The van der Waals surface area contributed by atoms with Gasteiger partial charge in [0.25, 0.3) is 0 Å². The number of aromatic nitrogens is 1. The molecule has 1 heterocycles. The Morgan fingerprint density at radius 1 is 0.960 bits per heavy atom. The van der Waals surface area contributed by atoms with E-state index in [0.717, 1.165) is 17.1 Å².